The van der Waals surface area contributed by atoms with Crippen LogP contribution >= 0.6 is 0 Å². The second-order valence-electron chi connectivity index (χ2n) is 4.27. The van der Waals surface area contributed by atoms with Crippen molar-refractivity contribution >= 4 is 5.91 Å². The molecule has 0 fully saturated rings. The van der Waals surface area contributed by atoms with E-state index in [0.717, 1.165) is 22.3 Å². The molecule has 0 saturated heterocycles. The van der Waals surface area contributed by atoms with Crippen molar-refractivity contribution < 1.29 is 4.79 Å². The molecule has 2 rings (SSSR count). The van der Waals surface area contributed by atoms with E-state index in [1.807, 2.05) is 56.3 Å². The molecule has 0 aliphatic rings. The molecule has 18 heavy (non-hydrogen) atoms. The third-order valence-electron chi connectivity index (χ3n) is 2.84. The third-order valence-corrected chi connectivity index (χ3v) is 2.84. The van der Waals surface area contributed by atoms with Crippen molar-refractivity contribution in [3.63, 3.8) is 0 Å². The molecule has 0 saturated carbocycles. The van der Waals surface area contributed by atoms with Gasteiger partial charge in [0.05, 0.1) is 0 Å². The molecule has 2 aromatic rings. The Bertz CT molecular complexity index is 546. The number of benzene rings is 2. The zero-order chi connectivity index (χ0) is 13.0. The minimum atomic E-state index is -0.0173. The molecule has 0 heterocycles. The van der Waals surface area contributed by atoms with Gasteiger partial charge in [-0.15, -0.1) is 0 Å². The molecular formula is C16H17NO. The lowest BCUT2D eigenvalue weighted by Gasteiger charge is -2.10. The highest BCUT2D eigenvalue weighted by Gasteiger charge is 2.11. The van der Waals surface area contributed by atoms with Gasteiger partial charge < -0.3 is 5.32 Å². The van der Waals surface area contributed by atoms with Gasteiger partial charge in [-0.25, -0.2) is 0 Å². The van der Waals surface area contributed by atoms with Crippen LogP contribution in [0.25, 0.3) is 11.1 Å². The van der Waals surface area contributed by atoms with E-state index in [4.69, 9.17) is 0 Å². The first-order valence-corrected chi connectivity index (χ1v) is 6.16. The van der Waals surface area contributed by atoms with Crippen LogP contribution in [0, 0.1) is 6.92 Å². The monoisotopic (exact) mass is 239 g/mol. The zero-order valence-electron chi connectivity index (χ0n) is 10.7. The predicted molar refractivity (Wildman–Crippen MR) is 74.6 cm³/mol. The molecule has 0 spiro atoms. The molecule has 0 aliphatic heterocycles. The summed E-state index contributed by atoms with van der Waals surface area (Å²) >= 11 is 0. The van der Waals surface area contributed by atoms with E-state index in [-0.39, 0.29) is 5.91 Å². The molecule has 0 atom stereocenters. The molecule has 2 heteroatoms. The number of carbonyl (C=O) groups excluding carboxylic acids is 1. The second kappa shape index (κ2) is 5.50. The maximum atomic E-state index is 12.0. The van der Waals surface area contributed by atoms with Gasteiger partial charge in [0.1, 0.15) is 0 Å². The largest absolute Gasteiger partial charge is 0.352 e. The fourth-order valence-corrected chi connectivity index (χ4v) is 1.97. The van der Waals surface area contributed by atoms with Gasteiger partial charge in [0, 0.05) is 12.1 Å². The van der Waals surface area contributed by atoms with E-state index in [1.165, 1.54) is 0 Å². The first-order valence-electron chi connectivity index (χ1n) is 6.16. The Morgan fingerprint density at radius 1 is 1.11 bits per heavy atom. The third kappa shape index (κ3) is 2.59. The molecule has 92 valence electrons. The second-order valence-corrected chi connectivity index (χ2v) is 4.27. The number of carbonyl (C=O) groups is 1. The van der Waals surface area contributed by atoms with E-state index in [2.05, 4.69) is 11.4 Å². The number of aryl methyl sites for hydroxylation is 1. The van der Waals surface area contributed by atoms with Crippen LogP contribution < -0.4 is 5.32 Å². The summed E-state index contributed by atoms with van der Waals surface area (Å²) in [4.78, 5) is 12.0. The highest BCUT2D eigenvalue weighted by atomic mass is 16.1. The highest BCUT2D eigenvalue weighted by Crippen LogP contribution is 2.24. The van der Waals surface area contributed by atoms with Gasteiger partial charge in [-0.2, -0.15) is 0 Å². The van der Waals surface area contributed by atoms with E-state index in [1.54, 1.807) is 0 Å². The van der Waals surface area contributed by atoms with Gasteiger partial charge in [-0.3, -0.25) is 4.79 Å². The zero-order valence-corrected chi connectivity index (χ0v) is 10.7. The average molecular weight is 239 g/mol. The number of hydrogen-bond acceptors (Lipinski definition) is 1. The molecular weight excluding hydrogens is 222 g/mol. The van der Waals surface area contributed by atoms with Crippen LogP contribution in [-0.4, -0.2) is 12.5 Å². The van der Waals surface area contributed by atoms with Gasteiger partial charge >= 0.3 is 0 Å². The van der Waals surface area contributed by atoms with Crippen LogP contribution in [0.2, 0.25) is 0 Å². The number of nitrogens with one attached hydrogen (secondary N) is 1. The van der Waals surface area contributed by atoms with E-state index in [9.17, 15) is 4.79 Å². The standard InChI is InChI=1S/C16H17NO/c1-3-17-16(18)14-10-9-12(2)11-15(14)13-7-5-4-6-8-13/h4-11H,3H2,1-2H3,(H,17,18). The lowest BCUT2D eigenvalue weighted by Crippen LogP contribution is -2.23. The summed E-state index contributed by atoms with van der Waals surface area (Å²) in [7, 11) is 0. The van der Waals surface area contributed by atoms with Gasteiger partial charge in [0.2, 0.25) is 0 Å². The molecule has 0 bridgehead atoms. The summed E-state index contributed by atoms with van der Waals surface area (Å²) in [6.07, 6.45) is 0. The van der Waals surface area contributed by atoms with Gasteiger partial charge in [0.25, 0.3) is 5.91 Å². The molecule has 0 unspecified atom stereocenters. The molecule has 0 radical (unpaired) electrons. The lowest BCUT2D eigenvalue weighted by molar-refractivity contribution is 0.0956. The van der Waals surface area contributed by atoms with Crippen molar-refractivity contribution in [3.05, 3.63) is 59.7 Å². The first kappa shape index (κ1) is 12.4. The maximum Gasteiger partial charge on any atom is 0.251 e. The van der Waals surface area contributed by atoms with Crippen LogP contribution in [0.3, 0.4) is 0 Å². The number of rotatable bonds is 3. The van der Waals surface area contributed by atoms with Gasteiger partial charge in [0.15, 0.2) is 0 Å². The van der Waals surface area contributed by atoms with Crippen molar-refractivity contribution in [1.29, 1.82) is 0 Å². The molecule has 0 aromatic heterocycles. The van der Waals surface area contributed by atoms with Crippen molar-refractivity contribution in [1.82, 2.24) is 5.32 Å². The van der Waals surface area contributed by atoms with Crippen molar-refractivity contribution in [2.45, 2.75) is 13.8 Å². The van der Waals surface area contributed by atoms with Crippen LogP contribution in [0.15, 0.2) is 48.5 Å². The average Bonchev–Trinajstić information content (AvgIpc) is 2.40. The predicted octanol–water partition coefficient (Wildman–Crippen LogP) is 3.41. The molecule has 1 N–H and O–H groups in total. The van der Waals surface area contributed by atoms with Crippen molar-refractivity contribution in [3.8, 4) is 11.1 Å². The van der Waals surface area contributed by atoms with Crippen LogP contribution in [-0.2, 0) is 0 Å². The quantitative estimate of drug-likeness (QED) is 0.873. The molecule has 0 aliphatic carbocycles. The van der Waals surface area contributed by atoms with Gasteiger partial charge in [-0.05, 0) is 31.0 Å². The normalized spacial score (nSPS) is 10.1. The summed E-state index contributed by atoms with van der Waals surface area (Å²) in [5.74, 6) is -0.0173. The maximum absolute atomic E-state index is 12.0. The first-order chi connectivity index (χ1) is 8.72. The fraction of sp³-hybridized carbons (Fsp3) is 0.188. The van der Waals surface area contributed by atoms with Crippen molar-refractivity contribution in [2.75, 3.05) is 6.54 Å². The van der Waals surface area contributed by atoms with E-state index < -0.39 is 0 Å². The Hall–Kier alpha value is -2.09. The molecule has 2 aromatic carbocycles. The van der Waals surface area contributed by atoms with Crippen LogP contribution in [0.1, 0.15) is 22.8 Å². The Morgan fingerprint density at radius 2 is 1.83 bits per heavy atom. The number of amides is 1. The van der Waals surface area contributed by atoms with Crippen LogP contribution in [0.5, 0.6) is 0 Å². The number of hydrogen-bond donors (Lipinski definition) is 1. The van der Waals surface area contributed by atoms with E-state index in [0.29, 0.717) is 6.54 Å². The van der Waals surface area contributed by atoms with Gasteiger partial charge in [-0.1, -0.05) is 48.0 Å². The van der Waals surface area contributed by atoms with Crippen molar-refractivity contribution in [2.24, 2.45) is 0 Å². The minimum Gasteiger partial charge on any atom is -0.352 e. The Balaban J connectivity index is 2.51. The molecule has 2 nitrogen and oxygen atoms in total. The topological polar surface area (TPSA) is 29.1 Å². The SMILES string of the molecule is CCNC(=O)c1ccc(C)cc1-c1ccccc1. The summed E-state index contributed by atoms with van der Waals surface area (Å²) < 4.78 is 0. The minimum absolute atomic E-state index is 0.0173. The molecule has 1 amide bonds. The van der Waals surface area contributed by atoms with Crippen LogP contribution in [0.4, 0.5) is 0 Å². The highest BCUT2D eigenvalue weighted by molar-refractivity contribution is 6.01. The van der Waals surface area contributed by atoms with E-state index >= 15 is 0 Å². The smallest absolute Gasteiger partial charge is 0.251 e. The Labute approximate surface area is 108 Å². The fourth-order valence-electron chi connectivity index (χ4n) is 1.97. The Morgan fingerprint density at radius 3 is 2.50 bits per heavy atom. The summed E-state index contributed by atoms with van der Waals surface area (Å²) in [6.45, 7) is 4.60. The summed E-state index contributed by atoms with van der Waals surface area (Å²) in [5.41, 5.74) is 3.94. The lowest BCUT2D eigenvalue weighted by atomic mass is 9.97. The summed E-state index contributed by atoms with van der Waals surface area (Å²) in [5, 5.41) is 2.85. The summed E-state index contributed by atoms with van der Waals surface area (Å²) in [6, 6.07) is 15.9. The Kier molecular flexibility index (Phi) is 3.78.